The minimum Gasteiger partial charge on any atom is -0.490 e. The molecule has 21 nitrogen and oxygen atoms in total. The first kappa shape index (κ1) is 113. The summed E-state index contributed by atoms with van der Waals surface area (Å²) in [4.78, 5) is 49.9. The first-order valence-corrected chi connectivity index (χ1v) is 54.0. The molecule has 10 aliphatic rings. The second kappa shape index (κ2) is 43.9. The summed E-state index contributed by atoms with van der Waals surface area (Å²) in [7, 11) is -18.1. The van der Waals surface area contributed by atoms with Gasteiger partial charge in [0, 0.05) is 82.1 Å². The number of likely N-dealkylation sites (tertiary alicyclic amines) is 1. The van der Waals surface area contributed by atoms with Gasteiger partial charge in [-0.05, 0) is 291 Å². The number of hydrogen-bond donors (Lipinski definition) is 4. The van der Waals surface area contributed by atoms with Crippen molar-refractivity contribution < 1.29 is 165 Å². The molecule has 5 aliphatic heterocycles. The van der Waals surface area contributed by atoms with Crippen LogP contribution in [0.3, 0.4) is 0 Å². The van der Waals surface area contributed by atoms with Crippen LogP contribution in [0, 0.1) is 99.8 Å². The molecule has 5 saturated carbocycles. The maximum atomic E-state index is 15.4. The molecule has 148 heavy (non-hydrogen) atoms. The Kier molecular flexibility index (Phi) is 33.4. The maximum Gasteiger partial charge on any atom is 0.416 e. The lowest BCUT2D eigenvalue weighted by molar-refractivity contribution is -0.138. The van der Waals surface area contributed by atoms with Gasteiger partial charge in [0.15, 0.2) is 85.6 Å². The molecule has 8 aromatic carbocycles. The SMILES string of the molecule is C.CCCNC(=O)C[C@@H]1CC[C@@]2(S(=O)(=O)c3ccc(C(F)(F)F)cc3)c3c(F)ccc(F)c3OC[C@H]2C1.O=C(C[C@@H]1CC[C@@]2(S(=O)(=O)c3ccc(C(F)(F)F)cc3)c3c(F)ccc(F)c3OC[C@H]2C1)N1CCCCC1.O=C(C[C@@H]1CC[C@@]2(S(=O)(=O)c3ccc(C(F)(F)F)cc3)c3c(F)ccc(F)c3OC[C@H]2C1)NCC1CC1.O=C(C[C@@H]1CC[C@@]2(S(=O)(=O)c3ccc(C(F)(F)F)cc3)c3c(F)ccc(F)c3OC[C@H]2C1)NCCO. The highest BCUT2D eigenvalue weighted by Gasteiger charge is 2.65. The summed E-state index contributed by atoms with van der Waals surface area (Å²) in [6.07, 6.45) is -11.2. The quantitative estimate of drug-likeness (QED) is 0.0458. The predicted molar refractivity (Wildman–Crippen MR) is 497 cm³/mol. The molecule has 5 aliphatic carbocycles. The van der Waals surface area contributed by atoms with E-state index in [-0.39, 0.29) is 197 Å². The van der Waals surface area contributed by atoms with Gasteiger partial charge in [0.25, 0.3) is 0 Å². The van der Waals surface area contributed by atoms with Gasteiger partial charge in [-0.2, -0.15) is 52.7 Å². The monoisotopic (exact) mass is 2180 g/mol. The summed E-state index contributed by atoms with van der Waals surface area (Å²) in [6, 6.07) is 18.7. The molecule has 806 valence electrons. The number of fused-ring (bicyclic) bond motifs is 12. The first-order valence-electron chi connectivity index (χ1n) is 48.0. The van der Waals surface area contributed by atoms with Crippen molar-refractivity contribution in [3.63, 3.8) is 0 Å². The fourth-order valence-corrected chi connectivity index (χ4v) is 32.3. The van der Waals surface area contributed by atoms with E-state index in [0.29, 0.717) is 80.6 Å². The Bertz CT molecular complexity index is 6530. The molecule has 45 heteroatoms. The van der Waals surface area contributed by atoms with Crippen molar-refractivity contribution in [2.45, 2.75) is 219 Å². The van der Waals surface area contributed by atoms with Crippen molar-refractivity contribution in [1.29, 1.82) is 0 Å². The van der Waals surface area contributed by atoms with Crippen LogP contribution in [0.1, 0.15) is 200 Å². The number of aliphatic hydroxyl groups excluding tert-OH is 1. The van der Waals surface area contributed by atoms with Gasteiger partial charge >= 0.3 is 24.7 Å². The van der Waals surface area contributed by atoms with Gasteiger partial charge in [0.2, 0.25) is 23.6 Å². The summed E-state index contributed by atoms with van der Waals surface area (Å²) in [5.41, 5.74) is -5.87. The zero-order chi connectivity index (χ0) is 106. The van der Waals surface area contributed by atoms with E-state index in [1.807, 2.05) is 11.8 Å². The van der Waals surface area contributed by atoms with Gasteiger partial charge in [-0.25, -0.2) is 68.8 Å². The van der Waals surface area contributed by atoms with Gasteiger partial charge in [0.05, 0.1) is 97.1 Å². The van der Waals surface area contributed by atoms with Crippen molar-refractivity contribution in [2.24, 2.45) is 53.3 Å². The number of amides is 4. The maximum absolute atomic E-state index is 15.4. The average molecular weight is 2180 g/mol. The number of aliphatic hydroxyl groups is 1. The highest BCUT2D eigenvalue weighted by Crippen LogP contribution is 2.64. The average Bonchev–Trinajstić information content (AvgIpc) is 0.804. The third kappa shape index (κ3) is 21.9. The molecule has 0 unspecified atom stereocenters. The predicted octanol–water partition coefficient (Wildman–Crippen LogP) is 21.2. The lowest BCUT2D eigenvalue weighted by Crippen LogP contribution is -2.52. The molecule has 4 N–H and O–H groups in total. The van der Waals surface area contributed by atoms with Crippen LogP contribution in [-0.2, 0) is 102 Å². The fraction of sp³-hybridized carbons (Fsp3) is 0.495. The summed E-state index contributed by atoms with van der Waals surface area (Å²) in [5, 5.41) is 17.1. The van der Waals surface area contributed by atoms with Crippen molar-refractivity contribution >= 4 is 63.0 Å². The van der Waals surface area contributed by atoms with E-state index in [1.54, 1.807) is 0 Å². The number of sulfone groups is 4. The molecular formula is C103H108F20N4O17S4. The zero-order valence-electron chi connectivity index (χ0n) is 78.8. The van der Waals surface area contributed by atoms with Gasteiger partial charge < -0.3 is 44.9 Å². The van der Waals surface area contributed by atoms with E-state index < -0.39 is 240 Å². The zero-order valence-corrected chi connectivity index (χ0v) is 82.1. The van der Waals surface area contributed by atoms with Gasteiger partial charge in [-0.15, -0.1) is 0 Å². The van der Waals surface area contributed by atoms with E-state index in [0.717, 1.165) is 136 Å². The molecule has 0 spiro atoms. The van der Waals surface area contributed by atoms with E-state index in [4.69, 9.17) is 24.1 Å². The molecule has 4 amide bonds. The summed E-state index contributed by atoms with van der Waals surface area (Å²) >= 11 is 0. The number of alkyl halides is 12. The first-order chi connectivity index (χ1) is 69.2. The molecule has 5 heterocycles. The van der Waals surface area contributed by atoms with E-state index >= 15 is 17.6 Å². The van der Waals surface area contributed by atoms with Crippen molar-refractivity contribution in [3.8, 4) is 23.0 Å². The standard InChI is InChI=1S/C27H28F5NO4S.C26H26F5NO4S.C25H26F5NO4S.C24H24F5NO5S.CH4/c28-21-8-9-22(29)25-24(21)26(38(35,36)20-6-4-18(5-7-20)27(30,31)32)11-10-17(14-19(26)16-37-25)15-23(34)33-12-2-1-3-13-33;27-20-7-8-21(28)24-23(20)25(37(34,35)19-5-3-17(4-6-19)26(29,30)31)10-9-16(11-18(25)14-36-24)12-22(33)32-13-15-1-2-15;1-2-11-31-21(32)13-15-9-10-24(36(33,34)18-5-3-16(4-6-18)25(28,29)30)17(12-15)14-35-23-20(27)8-7-19(26)22(23)24;25-18-5-6-19(26)22-21(18)23(36(33,34)17-3-1-15(2-4-17)24(27,28)29)8-7-14(11-16(23)13-35-22)12-20(32)30-9-10-31;/h4-9,17,19H,1-3,10-16H2;3-8,15-16,18H,1-2,9-14H2,(H,32,33);3-8,15,17H,2,9-14H2,1H3,(H,31,32);1-6,14,16,31H,7-13H2,(H,30,32);1H4/t17-,19-,26+;16-,18-,25+;15-,17-,24+;14-,16-,23+;/m1111./s1. The van der Waals surface area contributed by atoms with Crippen LogP contribution in [0.4, 0.5) is 87.8 Å². The normalized spacial score (nSPS) is 24.6. The van der Waals surface area contributed by atoms with Crippen LogP contribution in [0.25, 0.3) is 0 Å². The van der Waals surface area contributed by atoms with Crippen molar-refractivity contribution in [1.82, 2.24) is 20.9 Å². The molecular weight excluding hydrogens is 2070 g/mol. The summed E-state index contributed by atoms with van der Waals surface area (Å²) < 4.78 is 404. The molecule has 18 rings (SSSR count). The van der Waals surface area contributed by atoms with Crippen LogP contribution in [0.2, 0.25) is 0 Å². The smallest absolute Gasteiger partial charge is 0.416 e. The van der Waals surface area contributed by atoms with E-state index in [2.05, 4.69) is 16.0 Å². The minimum atomic E-state index is -4.68. The number of carbonyl (C=O) groups is 4. The minimum absolute atomic E-state index is 0. The number of ether oxygens (including phenoxy) is 4. The largest absolute Gasteiger partial charge is 0.490 e. The second-order valence-electron chi connectivity index (χ2n) is 39.1. The summed E-state index contributed by atoms with van der Waals surface area (Å²) in [5.74, 6) is -14.1. The third-order valence-corrected chi connectivity index (χ3v) is 40.6. The second-order valence-corrected chi connectivity index (χ2v) is 47.9. The van der Waals surface area contributed by atoms with Crippen LogP contribution < -0.4 is 34.9 Å². The number of hydrogen-bond acceptors (Lipinski definition) is 17. The number of nitrogens with one attached hydrogen (secondary N) is 3. The Balaban J connectivity index is 0.000000155. The summed E-state index contributed by atoms with van der Waals surface area (Å²) in [6.45, 7) is 3.23. The lowest BCUT2D eigenvalue weighted by atomic mass is 9.68. The van der Waals surface area contributed by atoms with Gasteiger partial charge in [-0.1, -0.05) is 14.4 Å². The number of nitrogens with zero attached hydrogens (tertiary/aromatic N) is 1. The van der Waals surface area contributed by atoms with Crippen LogP contribution in [0.15, 0.2) is 165 Å². The highest BCUT2D eigenvalue weighted by molar-refractivity contribution is 7.93. The highest BCUT2D eigenvalue weighted by atomic mass is 32.2. The number of benzene rings is 8. The molecule has 1 saturated heterocycles. The Labute approximate surface area is 841 Å². The number of halogens is 20. The molecule has 0 bridgehead atoms. The lowest BCUT2D eigenvalue weighted by Gasteiger charge is -2.49. The topological polar surface area (TPSA) is 301 Å². The van der Waals surface area contributed by atoms with Crippen molar-refractivity contribution in [3.05, 3.63) is 237 Å². The number of piperidine rings is 1. The van der Waals surface area contributed by atoms with Crippen LogP contribution in [-0.4, -0.2) is 133 Å². The van der Waals surface area contributed by atoms with Gasteiger partial charge in [-0.3, -0.25) is 19.2 Å². The van der Waals surface area contributed by atoms with Crippen LogP contribution >= 0.6 is 0 Å². The van der Waals surface area contributed by atoms with Crippen LogP contribution in [0.5, 0.6) is 23.0 Å². The van der Waals surface area contributed by atoms with E-state index in [1.165, 1.54) is 0 Å². The fourth-order valence-electron chi connectivity index (χ4n) is 22.9. The number of rotatable bonds is 22. The Morgan fingerprint density at radius 1 is 0.338 bits per heavy atom. The molecule has 0 aromatic heterocycles. The Morgan fingerprint density at radius 2 is 0.581 bits per heavy atom. The molecule has 12 atom stereocenters. The van der Waals surface area contributed by atoms with E-state index in [9.17, 15) is 123 Å². The van der Waals surface area contributed by atoms with Crippen molar-refractivity contribution in [2.75, 3.05) is 65.8 Å². The third-order valence-electron chi connectivity index (χ3n) is 30.2. The Morgan fingerprint density at radius 3 is 0.824 bits per heavy atom. The van der Waals surface area contributed by atoms with Gasteiger partial charge in [0.1, 0.15) is 42.3 Å². The molecule has 0 radical (unpaired) electrons. The Hall–Kier alpha value is -10.8. The molecule has 8 aromatic rings. The molecule has 6 fully saturated rings. The number of carbonyl (C=O) groups excluding carboxylic acids is 4.